The van der Waals surface area contributed by atoms with Crippen molar-refractivity contribution >= 4 is 5.78 Å². The monoisotopic (exact) mass is 159 g/mol. The molecule has 0 aliphatic heterocycles. The van der Waals surface area contributed by atoms with Gasteiger partial charge in [0.25, 0.3) is 0 Å². The molecule has 0 aliphatic rings. The van der Waals surface area contributed by atoms with E-state index in [4.69, 9.17) is 0 Å². The number of aliphatic hydroxyl groups excluding tert-OH is 1. The van der Waals surface area contributed by atoms with E-state index in [1.54, 1.807) is 7.05 Å². The van der Waals surface area contributed by atoms with Gasteiger partial charge in [-0.25, -0.2) is 0 Å². The van der Waals surface area contributed by atoms with E-state index in [1.165, 1.54) is 6.92 Å². The molecule has 0 fully saturated rings. The third-order valence-corrected chi connectivity index (χ3v) is 1.77. The average Bonchev–Trinajstić information content (AvgIpc) is 1.98. The zero-order chi connectivity index (χ0) is 8.85. The highest BCUT2D eigenvalue weighted by atomic mass is 16.3. The van der Waals surface area contributed by atoms with Crippen molar-refractivity contribution in [1.29, 1.82) is 0 Å². The molecule has 0 saturated heterocycles. The van der Waals surface area contributed by atoms with Crippen LogP contribution in [0.1, 0.15) is 26.7 Å². The molecule has 66 valence electrons. The summed E-state index contributed by atoms with van der Waals surface area (Å²) < 4.78 is 0. The van der Waals surface area contributed by atoms with Gasteiger partial charge in [-0.3, -0.25) is 4.79 Å². The fourth-order valence-corrected chi connectivity index (χ4v) is 1.05. The molecule has 0 saturated carbocycles. The Hall–Kier alpha value is -0.410. The third-order valence-electron chi connectivity index (χ3n) is 1.77. The number of hydrogen-bond donors (Lipinski definition) is 2. The first-order chi connectivity index (χ1) is 5.13. The van der Waals surface area contributed by atoms with E-state index in [0.717, 1.165) is 12.8 Å². The molecule has 0 rings (SSSR count). The molecule has 0 heterocycles. The van der Waals surface area contributed by atoms with Gasteiger partial charge in [0.1, 0.15) is 6.10 Å². The minimum absolute atomic E-state index is 0.0856. The van der Waals surface area contributed by atoms with Gasteiger partial charge in [-0.2, -0.15) is 0 Å². The summed E-state index contributed by atoms with van der Waals surface area (Å²) in [6.07, 6.45) is 0.951. The molecule has 2 unspecified atom stereocenters. The molecule has 3 heteroatoms. The van der Waals surface area contributed by atoms with Crippen LogP contribution in [0.3, 0.4) is 0 Å². The van der Waals surface area contributed by atoms with Crippen LogP contribution in [0.4, 0.5) is 0 Å². The number of hydrogen-bond acceptors (Lipinski definition) is 3. The molecule has 0 spiro atoms. The highest BCUT2D eigenvalue weighted by Crippen LogP contribution is 2.02. The lowest BCUT2D eigenvalue weighted by atomic mass is 10.0. The number of aliphatic hydroxyl groups is 1. The van der Waals surface area contributed by atoms with Gasteiger partial charge in [-0.05, 0) is 20.4 Å². The lowest BCUT2D eigenvalue weighted by molar-refractivity contribution is -0.126. The van der Waals surface area contributed by atoms with Crippen molar-refractivity contribution in [3.05, 3.63) is 0 Å². The molecular formula is C8H17NO2. The van der Waals surface area contributed by atoms with Crippen LogP contribution in [0.15, 0.2) is 0 Å². The fraction of sp³-hybridized carbons (Fsp3) is 0.875. The van der Waals surface area contributed by atoms with Gasteiger partial charge in [-0.1, -0.05) is 13.3 Å². The van der Waals surface area contributed by atoms with Gasteiger partial charge in [0.2, 0.25) is 0 Å². The van der Waals surface area contributed by atoms with Crippen LogP contribution < -0.4 is 5.32 Å². The summed E-state index contributed by atoms with van der Waals surface area (Å²) in [5, 5.41) is 12.2. The normalized spacial score (nSPS) is 16.0. The van der Waals surface area contributed by atoms with Crippen LogP contribution in [0.2, 0.25) is 0 Å². The summed E-state index contributed by atoms with van der Waals surface area (Å²) in [6, 6.07) is -0.0856. The van der Waals surface area contributed by atoms with Crippen molar-refractivity contribution < 1.29 is 9.90 Å². The maximum Gasteiger partial charge on any atom is 0.159 e. The second kappa shape index (κ2) is 5.27. The van der Waals surface area contributed by atoms with Crippen molar-refractivity contribution in [3.8, 4) is 0 Å². The Morgan fingerprint density at radius 1 is 1.64 bits per heavy atom. The number of carbonyl (C=O) groups excluding carboxylic acids is 1. The molecule has 3 nitrogen and oxygen atoms in total. The molecule has 0 aliphatic carbocycles. The lowest BCUT2D eigenvalue weighted by Gasteiger charge is -2.19. The van der Waals surface area contributed by atoms with E-state index in [-0.39, 0.29) is 11.8 Å². The van der Waals surface area contributed by atoms with Crippen molar-refractivity contribution in [2.24, 2.45) is 0 Å². The number of likely N-dealkylation sites (N-methyl/N-ethyl adjacent to an activating group) is 1. The maximum absolute atomic E-state index is 10.7. The van der Waals surface area contributed by atoms with E-state index < -0.39 is 6.10 Å². The molecule has 11 heavy (non-hydrogen) atoms. The smallest absolute Gasteiger partial charge is 0.159 e. The quantitative estimate of drug-likeness (QED) is 0.607. The molecule has 2 N–H and O–H groups in total. The summed E-state index contributed by atoms with van der Waals surface area (Å²) in [4.78, 5) is 10.7. The van der Waals surface area contributed by atoms with Gasteiger partial charge >= 0.3 is 0 Å². The predicted molar refractivity (Wildman–Crippen MR) is 44.4 cm³/mol. The second-order valence-electron chi connectivity index (χ2n) is 2.74. The van der Waals surface area contributed by atoms with Crippen LogP contribution in [-0.4, -0.2) is 30.1 Å². The first-order valence-electron chi connectivity index (χ1n) is 3.99. The summed E-state index contributed by atoms with van der Waals surface area (Å²) in [6.45, 7) is 3.43. The van der Waals surface area contributed by atoms with E-state index in [1.807, 2.05) is 6.92 Å². The van der Waals surface area contributed by atoms with Crippen LogP contribution in [0, 0.1) is 0 Å². The van der Waals surface area contributed by atoms with E-state index >= 15 is 0 Å². The average molecular weight is 159 g/mol. The predicted octanol–water partition coefficient (Wildman–Crippen LogP) is 0.324. The first-order valence-corrected chi connectivity index (χ1v) is 3.99. The van der Waals surface area contributed by atoms with Crippen molar-refractivity contribution in [3.63, 3.8) is 0 Å². The molecule has 0 aromatic heterocycles. The van der Waals surface area contributed by atoms with Crippen molar-refractivity contribution in [1.82, 2.24) is 5.32 Å². The van der Waals surface area contributed by atoms with Gasteiger partial charge < -0.3 is 10.4 Å². The highest BCUT2D eigenvalue weighted by molar-refractivity contribution is 5.80. The largest absolute Gasteiger partial charge is 0.384 e. The zero-order valence-corrected chi connectivity index (χ0v) is 7.42. The number of rotatable bonds is 5. The van der Waals surface area contributed by atoms with Gasteiger partial charge in [-0.15, -0.1) is 0 Å². The van der Waals surface area contributed by atoms with Crippen LogP contribution in [-0.2, 0) is 4.79 Å². The zero-order valence-electron chi connectivity index (χ0n) is 7.42. The highest BCUT2D eigenvalue weighted by Gasteiger charge is 2.19. The molecule has 0 aromatic rings. The standard InChI is InChI=1S/C8H17NO2/c1-4-5-7(9-3)8(11)6(2)10/h7-9,11H,4-5H2,1-3H3. The summed E-state index contributed by atoms with van der Waals surface area (Å²) >= 11 is 0. The van der Waals surface area contributed by atoms with E-state index in [0.29, 0.717) is 0 Å². The Balaban J connectivity index is 3.91. The molecule has 0 bridgehead atoms. The third kappa shape index (κ3) is 3.49. The molecule has 0 aromatic carbocycles. The molecule has 2 atom stereocenters. The number of nitrogens with one attached hydrogen (secondary N) is 1. The lowest BCUT2D eigenvalue weighted by Crippen LogP contribution is -2.41. The second-order valence-corrected chi connectivity index (χ2v) is 2.74. The van der Waals surface area contributed by atoms with Crippen LogP contribution in [0.5, 0.6) is 0 Å². The Kier molecular flexibility index (Phi) is 5.07. The fourth-order valence-electron chi connectivity index (χ4n) is 1.05. The van der Waals surface area contributed by atoms with E-state index in [9.17, 15) is 9.90 Å². The summed E-state index contributed by atoms with van der Waals surface area (Å²) in [5.41, 5.74) is 0. The molecular weight excluding hydrogens is 142 g/mol. The Morgan fingerprint density at radius 3 is 2.45 bits per heavy atom. The Bertz CT molecular complexity index is 125. The van der Waals surface area contributed by atoms with Crippen LogP contribution in [0.25, 0.3) is 0 Å². The molecule has 0 amide bonds. The van der Waals surface area contributed by atoms with Crippen molar-refractivity contribution in [2.45, 2.75) is 38.8 Å². The number of Topliss-reactive ketones (excluding diaryl/α,β-unsaturated/α-hetero) is 1. The van der Waals surface area contributed by atoms with Crippen molar-refractivity contribution in [2.75, 3.05) is 7.05 Å². The number of ketones is 1. The minimum atomic E-state index is -0.847. The maximum atomic E-state index is 10.7. The SMILES string of the molecule is CCCC(NC)C(O)C(C)=O. The van der Waals surface area contributed by atoms with Gasteiger partial charge in [0, 0.05) is 6.04 Å². The Labute approximate surface area is 67.8 Å². The Morgan fingerprint density at radius 2 is 2.18 bits per heavy atom. The van der Waals surface area contributed by atoms with E-state index in [2.05, 4.69) is 5.32 Å². The summed E-state index contributed by atoms with van der Waals surface area (Å²) in [7, 11) is 1.76. The molecule has 0 radical (unpaired) electrons. The van der Waals surface area contributed by atoms with Gasteiger partial charge in [0.05, 0.1) is 0 Å². The topological polar surface area (TPSA) is 49.3 Å². The number of carbonyl (C=O) groups is 1. The minimum Gasteiger partial charge on any atom is -0.384 e. The van der Waals surface area contributed by atoms with Crippen LogP contribution >= 0.6 is 0 Å². The summed E-state index contributed by atoms with van der Waals surface area (Å²) in [5.74, 6) is -0.169. The first kappa shape index (κ1) is 10.6. The van der Waals surface area contributed by atoms with Gasteiger partial charge in [0.15, 0.2) is 5.78 Å².